The third kappa shape index (κ3) is 7.77. The summed E-state index contributed by atoms with van der Waals surface area (Å²) in [5.74, 6) is 0.711. The van der Waals surface area contributed by atoms with Crippen LogP contribution in [0.15, 0.2) is 24.3 Å². The van der Waals surface area contributed by atoms with Crippen molar-refractivity contribution in [3.8, 4) is 0 Å². The molecular formula is C18H28N2O4S. The predicted octanol–water partition coefficient (Wildman–Crippen LogP) is 3.60. The number of hydrogen-bond donors (Lipinski definition) is 3. The Labute approximate surface area is 150 Å². The van der Waals surface area contributed by atoms with Gasteiger partial charge < -0.3 is 10.4 Å². The summed E-state index contributed by atoms with van der Waals surface area (Å²) in [6.07, 6.45) is 7.08. The molecule has 6 nitrogen and oxygen atoms in total. The number of aryl methyl sites for hydroxylation is 1. The van der Waals surface area contributed by atoms with Gasteiger partial charge in [-0.25, -0.2) is 13.2 Å². The first-order valence-electron chi connectivity index (χ1n) is 9.01. The fourth-order valence-corrected chi connectivity index (χ4v) is 4.54. The van der Waals surface area contributed by atoms with Crippen LogP contribution in [0.1, 0.15) is 50.5 Å². The van der Waals surface area contributed by atoms with E-state index >= 15 is 0 Å². The van der Waals surface area contributed by atoms with Crippen molar-refractivity contribution >= 4 is 21.8 Å². The van der Waals surface area contributed by atoms with E-state index in [1.807, 2.05) is 18.2 Å². The Morgan fingerprint density at radius 2 is 1.96 bits per heavy atom. The minimum atomic E-state index is -3.33. The van der Waals surface area contributed by atoms with Crippen molar-refractivity contribution in [2.24, 2.45) is 5.92 Å². The summed E-state index contributed by atoms with van der Waals surface area (Å²) >= 11 is 0. The Hall–Kier alpha value is -1.76. The highest BCUT2D eigenvalue weighted by molar-refractivity contribution is 7.92. The first-order valence-corrected chi connectivity index (χ1v) is 10.7. The molecule has 0 spiro atoms. The summed E-state index contributed by atoms with van der Waals surface area (Å²) in [5.41, 5.74) is 1.56. The summed E-state index contributed by atoms with van der Waals surface area (Å²) in [4.78, 5) is 10.4. The van der Waals surface area contributed by atoms with E-state index in [9.17, 15) is 13.2 Å². The second-order valence-corrected chi connectivity index (χ2v) is 8.59. The highest BCUT2D eigenvalue weighted by Crippen LogP contribution is 2.26. The van der Waals surface area contributed by atoms with E-state index < -0.39 is 16.1 Å². The molecule has 0 bridgehead atoms. The number of hydrogen-bond acceptors (Lipinski definition) is 3. The SMILES string of the molecule is O=C(O)NCCCc1cccc(NS(=O)(=O)CCC2CCCCC2)c1. The Balaban J connectivity index is 1.81. The lowest BCUT2D eigenvalue weighted by molar-refractivity contribution is 0.194. The van der Waals surface area contributed by atoms with Crippen LogP contribution in [0.5, 0.6) is 0 Å². The van der Waals surface area contributed by atoms with Gasteiger partial charge in [0.2, 0.25) is 10.0 Å². The van der Waals surface area contributed by atoms with Crippen LogP contribution in [0.2, 0.25) is 0 Å². The number of nitrogens with one attached hydrogen (secondary N) is 2. The summed E-state index contributed by atoms with van der Waals surface area (Å²) in [6, 6.07) is 7.30. The average Bonchev–Trinajstić information content (AvgIpc) is 2.58. The molecule has 2 rings (SSSR count). The van der Waals surface area contributed by atoms with Crippen molar-refractivity contribution in [1.29, 1.82) is 0 Å². The maximum Gasteiger partial charge on any atom is 0.404 e. The van der Waals surface area contributed by atoms with Crippen LogP contribution in [0, 0.1) is 5.92 Å². The molecule has 7 heteroatoms. The molecule has 1 amide bonds. The standard InChI is InChI=1S/C18H28N2O4S/c21-18(22)19-12-5-9-16-8-4-10-17(14-16)20-25(23,24)13-11-15-6-2-1-3-7-15/h4,8,10,14-15,19-20H,1-3,5-7,9,11-13H2,(H,21,22). The van der Waals surface area contributed by atoms with Crippen molar-refractivity contribution in [3.63, 3.8) is 0 Å². The van der Waals surface area contributed by atoms with Gasteiger partial charge in [0.1, 0.15) is 0 Å². The van der Waals surface area contributed by atoms with E-state index in [4.69, 9.17) is 5.11 Å². The largest absolute Gasteiger partial charge is 0.465 e. The lowest BCUT2D eigenvalue weighted by Crippen LogP contribution is -2.22. The number of sulfonamides is 1. The fourth-order valence-electron chi connectivity index (χ4n) is 3.31. The second kappa shape index (κ2) is 9.65. The Bertz CT molecular complexity index is 655. The van der Waals surface area contributed by atoms with E-state index in [1.54, 1.807) is 6.07 Å². The minimum absolute atomic E-state index is 0.171. The summed E-state index contributed by atoms with van der Waals surface area (Å²) in [7, 11) is -3.33. The van der Waals surface area contributed by atoms with Crippen LogP contribution in [-0.2, 0) is 16.4 Å². The minimum Gasteiger partial charge on any atom is -0.465 e. The number of anilines is 1. The number of carbonyl (C=O) groups is 1. The molecule has 1 fully saturated rings. The van der Waals surface area contributed by atoms with Gasteiger partial charge in [-0.1, -0.05) is 44.2 Å². The van der Waals surface area contributed by atoms with Gasteiger partial charge in [0.05, 0.1) is 5.75 Å². The van der Waals surface area contributed by atoms with Crippen molar-refractivity contribution in [2.45, 2.75) is 51.4 Å². The predicted molar refractivity (Wildman–Crippen MR) is 99.4 cm³/mol. The van der Waals surface area contributed by atoms with Gasteiger partial charge in [-0.3, -0.25) is 4.72 Å². The maximum absolute atomic E-state index is 12.3. The number of benzene rings is 1. The first-order chi connectivity index (χ1) is 11.9. The van der Waals surface area contributed by atoms with Gasteiger partial charge in [0.15, 0.2) is 0 Å². The van der Waals surface area contributed by atoms with Gasteiger partial charge >= 0.3 is 6.09 Å². The zero-order chi connectivity index (χ0) is 18.1. The lowest BCUT2D eigenvalue weighted by Gasteiger charge is -2.21. The summed E-state index contributed by atoms with van der Waals surface area (Å²) in [5, 5.41) is 10.9. The molecule has 1 aromatic rings. The van der Waals surface area contributed by atoms with Crippen molar-refractivity contribution in [3.05, 3.63) is 29.8 Å². The molecule has 1 aromatic carbocycles. The van der Waals surface area contributed by atoms with E-state index in [1.165, 1.54) is 19.3 Å². The smallest absolute Gasteiger partial charge is 0.404 e. The Kier molecular flexibility index (Phi) is 7.55. The molecule has 0 atom stereocenters. The monoisotopic (exact) mass is 368 g/mol. The van der Waals surface area contributed by atoms with Crippen LogP contribution >= 0.6 is 0 Å². The molecule has 1 aliphatic rings. The van der Waals surface area contributed by atoms with Crippen LogP contribution in [0.25, 0.3) is 0 Å². The molecule has 3 N–H and O–H groups in total. The number of rotatable bonds is 9. The third-order valence-corrected chi connectivity index (χ3v) is 5.96. The Morgan fingerprint density at radius 3 is 2.68 bits per heavy atom. The molecule has 0 heterocycles. The molecule has 0 aliphatic heterocycles. The Morgan fingerprint density at radius 1 is 1.20 bits per heavy atom. The maximum atomic E-state index is 12.3. The summed E-state index contributed by atoms with van der Waals surface area (Å²) < 4.78 is 27.3. The van der Waals surface area contributed by atoms with Gasteiger partial charge in [-0.2, -0.15) is 0 Å². The summed E-state index contributed by atoms with van der Waals surface area (Å²) in [6.45, 7) is 0.382. The number of carboxylic acid groups (broad SMARTS) is 1. The van der Waals surface area contributed by atoms with Crippen LogP contribution in [-0.4, -0.2) is 31.9 Å². The van der Waals surface area contributed by atoms with E-state index in [0.29, 0.717) is 31.0 Å². The van der Waals surface area contributed by atoms with Gasteiger partial charge in [-0.15, -0.1) is 0 Å². The average molecular weight is 368 g/mol. The van der Waals surface area contributed by atoms with Crippen molar-refractivity contribution in [1.82, 2.24) is 5.32 Å². The van der Waals surface area contributed by atoms with Crippen LogP contribution in [0.3, 0.4) is 0 Å². The third-order valence-electron chi connectivity index (χ3n) is 4.64. The molecule has 0 radical (unpaired) electrons. The molecule has 1 aliphatic carbocycles. The molecule has 0 saturated heterocycles. The highest BCUT2D eigenvalue weighted by Gasteiger charge is 2.18. The molecule has 0 unspecified atom stereocenters. The van der Waals surface area contributed by atoms with Gasteiger partial charge in [-0.05, 0) is 42.9 Å². The van der Waals surface area contributed by atoms with E-state index in [-0.39, 0.29) is 5.75 Å². The highest BCUT2D eigenvalue weighted by atomic mass is 32.2. The number of amides is 1. The van der Waals surface area contributed by atoms with Crippen LogP contribution < -0.4 is 10.0 Å². The molecule has 140 valence electrons. The quantitative estimate of drug-likeness (QED) is 0.580. The van der Waals surface area contributed by atoms with Crippen LogP contribution in [0.4, 0.5) is 10.5 Å². The van der Waals surface area contributed by atoms with Crippen molar-refractivity contribution in [2.75, 3.05) is 17.0 Å². The lowest BCUT2D eigenvalue weighted by atomic mass is 9.88. The topological polar surface area (TPSA) is 95.5 Å². The molecule has 1 saturated carbocycles. The zero-order valence-corrected chi connectivity index (χ0v) is 15.4. The second-order valence-electron chi connectivity index (χ2n) is 6.75. The van der Waals surface area contributed by atoms with Crippen molar-refractivity contribution < 1.29 is 18.3 Å². The van der Waals surface area contributed by atoms with Gasteiger partial charge in [0.25, 0.3) is 0 Å². The van der Waals surface area contributed by atoms with E-state index in [0.717, 1.165) is 24.8 Å². The zero-order valence-electron chi connectivity index (χ0n) is 14.5. The molecular weight excluding hydrogens is 340 g/mol. The van der Waals surface area contributed by atoms with Gasteiger partial charge in [0, 0.05) is 12.2 Å². The molecule has 0 aromatic heterocycles. The normalized spacial score (nSPS) is 15.7. The fraction of sp³-hybridized carbons (Fsp3) is 0.611. The first kappa shape index (κ1) is 19.6. The molecule has 25 heavy (non-hydrogen) atoms. The van der Waals surface area contributed by atoms with E-state index in [2.05, 4.69) is 10.0 Å².